The number of hydrogen-bond donors (Lipinski definition) is 1. The number of para-hydroxylation sites is 1. The first-order valence-electron chi connectivity index (χ1n) is 10.4. The van der Waals surface area contributed by atoms with Crippen LogP contribution in [0.15, 0.2) is 88.9 Å². The van der Waals surface area contributed by atoms with Crippen molar-refractivity contribution in [2.75, 3.05) is 17.7 Å². The van der Waals surface area contributed by atoms with Gasteiger partial charge in [-0.2, -0.15) is 0 Å². The highest BCUT2D eigenvalue weighted by Crippen LogP contribution is 2.24. The second kappa shape index (κ2) is 10.2. The largest absolute Gasteiger partial charge is 0.467 e. The van der Waals surface area contributed by atoms with Crippen molar-refractivity contribution < 1.29 is 14.0 Å². The van der Waals surface area contributed by atoms with Gasteiger partial charge in [0.2, 0.25) is 5.91 Å². The minimum atomic E-state index is -0.274. The van der Waals surface area contributed by atoms with Crippen LogP contribution >= 0.6 is 11.8 Å². The van der Waals surface area contributed by atoms with E-state index in [1.807, 2.05) is 35.9 Å². The van der Waals surface area contributed by atoms with Crippen LogP contribution in [0.25, 0.3) is 5.69 Å². The van der Waals surface area contributed by atoms with Crippen molar-refractivity contribution in [3.63, 3.8) is 0 Å². The van der Waals surface area contributed by atoms with E-state index in [1.54, 1.807) is 55.9 Å². The monoisotopic (exact) mass is 460 g/mol. The molecule has 4 rings (SSSR count). The third kappa shape index (κ3) is 5.35. The van der Waals surface area contributed by atoms with Crippen LogP contribution < -0.4 is 10.2 Å². The molecule has 8 heteroatoms. The molecule has 33 heavy (non-hydrogen) atoms. The predicted octanol–water partition coefficient (Wildman–Crippen LogP) is 4.46. The standard InChI is InChI=1S/C25H24N4O3S/c1-18-7-5-8-19(15-18)29-13-12-26-25(29)33-17-23(30)28(2)22-11-4-3-10-21(22)24(31)27-16-20-9-6-14-32-20/h3-15H,16-17H2,1-2H3,(H,27,31). The molecule has 2 amide bonds. The predicted molar refractivity (Wildman–Crippen MR) is 129 cm³/mol. The molecule has 2 heterocycles. The first kappa shape index (κ1) is 22.4. The van der Waals surface area contributed by atoms with Gasteiger partial charge in [0.1, 0.15) is 5.76 Å². The number of carbonyl (C=O) groups is 2. The van der Waals surface area contributed by atoms with Crippen LogP contribution in [0.4, 0.5) is 5.69 Å². The Morgan fingerprint density at radius 2 is 1.97 bits per heavy atom. The van der Waals surface area contributed by atoms with E-state index < -0.39 is 0 Å². The van der Waals surface area contributed by atoms with Crippen LogP contribution in [0.3, 0.4) is 0 Å². The molecule has 0 aliphatic heterocycles. The molecule has 0 saturated heterocycles. The summed E-state index contributed by atoms with van der Waals surface area (Å²) in [5.74, 6) is 0.432. The number of aromatic nitrogens is 2. The highest BCUT2D eigenvalue weighted by molar-refractivity contribution is 7.99. The fourth-order valence-corrected chi connectivity index (χ4v) is 4.25. The number of nitrogens with one attached hydrogen (secondary N) is 1. The molecule has 0 spiro atoms. The zero-order chi connectivity index (χ0) is 23.2. The molecular weight excluding hydrogens is 436 g/mol. The zero-order valence-electron chi connectivity index (χ0n) is 18.4. The lowest BCUT2D eigenvalue weighted by Crippen LogP contribution is -2.31. The summed E-state index contributed by atoms with van der Waals surface area (Å²) in [5, 5.41) is 3.56. The number of anilines is 1. The summed E-state index contributed by atoms with van der Waals surface area (Å²) in [6.07, 6.45) is 5.16. The fourth-order valence-electron chi connectivity index (χ4n) is 3.36. The Labute approximate surface area is 196 Å². The molecule has 0 bridgehead atoms. The van der Waals surface area contributed by atoms with Crippen molar-refractivity contribution >= 4 is 29.3 Å². The average molecular weight is 461 g/mol. The Morgan fingerprint density at radius 3 is 2.76 bits per heavy atom. The maximum absolute atomic E-state index is 13.0. The van der Waals surface area contributed by atoms with E-state index in [0.717, 1.165) is 16.4 Å². The van der Waals surface area contributed by atoms with Crippen LogP contribution in [0, 0.1) is 6.92 Å². The van der Waals surface area contributed by atoms with Gasteiger partial charge in [-0.1, -0.05) is 36.0 Å². The lowest BCUT2D eigenvalue weighted by molar-refractivity contribution is -0.115. The number of nitrogens with zero attached hydrogens (tertiary/aromatic N) is 3. The van der Waals surface area contributed by atoms with Gasteiger partial charge in [-0.15, -0.1) is 0 Å². The summed E-state index contributed by atoms with van der Waals surface area (Å²) in [7, 11) is 1.68. The minimum absolute atomic E-state index is 0.134. The highest BCUT2D eigenvalue weighted by atomic mass is 32.2. The molecule has 168 valence electrons. The fraction of sp³-hybridized carbons (Fsp3) is 0.160. The lowest BCUT2D eigenvalue weighted by Gasteiger charge is -2.20. The van der Waals surface area contributed by atoms with Crippen molar-refractivity contribution in [2.24, 2.45) is 0 Å². The van der Waals surface area contributed by atoms with Gasteiger partial charge in [0.15, 0.2) is 5.16 Å². The van der Waals surface area contributed by atoms with Crippen molar-refractivity contribution in [3.8, 4) is 5.69 Å². The molecule has 0 saturated carbocycles. The Balaban J connectivity index is 1.43. The summed E-state index contributed by atoms with van der Waals surface area (Å²) in [6, 6.07) is 18.7. The lowest BCUT2D eigenvalue weighted by atomic mass is 10.1. The molecule has 2 aromatic heterocycles. The molecule has 1 N–H and O–H groups in total. The second-order valence-corrected chi connectivity index (χ2v) is 8.38. The molecule has 4 aromatic rings. The molecule has 7 nitrogen and oxygen atoms in total. The van der Waals surface area contributed by atoms with Gasteiger partial charge in [-0.05, 0) is 48.9 Å². The zero-order valence-corrected chi connectivity index (χ0v) is 19.2. The van der Waals surface area contributed by atoms with Crippen LogP contribution in [0.5, 0.6) is 0 Å². The summed E-state index contributed by atoms with van der Waals surface area (Å²) in [5.41, 5.74) is 3.11. The number of carbonyl (C=O) groups excluding carboxylic acids is 2. The minimum Gasteiger partial charge on any atom is -0.467 e. The Bertz CT molecular complexity index is 1250. The van der Waals surface area contributed by atoms with Crippen molar-refractivity contribution in [1.82, 2.24) is 14.9 Å². The van der Waals surface area contributed by atoms with Crippen molar-refractivity contribution in [3.05, 3.63) is 96.2 Å². The van der Waals surface area contributed by atoms with Crippen molar-refractivity contribution in [1.29, 1.82) is 0 Å². The molecule has 2 aromatic carbocycles. The van der Waals surface area contributed by atoms with Crippen molar-refractivity contribution in [2.45, 2.75) is 18.6 Å². The Hall–Kier alpha value is -3.78. The number of amides is 2. The van der Waals surface area contributed by atoms with Crippen LogP contribution in [0.2, 0.25) is 0 Å². The first-order chi connectivity index (χ1) is 16.0. The van der Waals surface area contributed by atoms with E-state index in [1.165, 1.54) is 16.7 Å². The SMILES string of the molecule is Cc1cccc(-n2ccnc2SCC(=O)N(C)c2ccccc2C(=O)NCc2ccco2)c1. The summed E-state index contributed by atoms with van der Waals surface area (Å²) < 4.78 is 7.22. The average Bonchev–Trinajstić information content (AvgIpc) is 3.52. The van der Waals surface area contributed by atoms with E-state index in [4.69, 9.17) is 4.42 Å². The number of imidazole rings is 1. The van der Waals surface area contributed by atoms with Crippen LogP contribution in [0.1, 0.15) is 21.7 Å². The van der Waals surface area contributed by atoms with Gasteiger partial charge in [-0.3, -0.25) is 14.2 Å². The maximum Gasteiger partial charge on any atom is 0.253 e. The molecule has 0 fully saturated rings. The van der Waals surface area contributed by atoms with Gasteiger partial charge in [0.25, 0.3) is 5.91 Å². The topological polar surface area (TPSA) is 80.4 Å². The van der Waals surface area contributed by atoms with Gasteiger partial charge in [0.05, 0.1) is 29.8 Å². The van der Waals surface area contributed by atoms with E-state index in [0.29, 0.717) is 17.0 Å². The van der Waals surface area contributed by atoms with Crippen LogP contribution in [-0.4, -0.2) is 34.2 Å². The van der Waals surface area contributed by atoms with E-state index in [9.17, 15) is 9.59 Å². The molecule has 0 atom stereocenters. The normalized spacial score (nSPS) is 10.7. The summed E-state index contributed by atoms with van der Waals surface area (Å²) in [4.78, 5) is 31.6. The van der Waals surface area contributed by atoms with Gasteiger partial charge < -0.3 is 14.6 Å². The summed E-state index contributed by atoms with van der Waals surface area (Å²) >= 11 is 1.36. The van der Waals surface area contributed by atoms with Gasteiger partial charge >= 0.3 is 0 Å². The van der Waals surface area contributed by atoms with E-state index >= 15 is 0 Å². The molecule has 0 unspecified atom stereocenters. The number of thioether (sulfide) groups is 1. The number of hydrogen-bond acceptors (Lipinski definition) is 5. The first-order valence-corrected chi connectivity index (χ1v) is 11.4. The Morgan fingerprint density at radius 1 is 1.12 bits per heavy atom. The number of benzene rings is 2. The number of rotatable bonds is 8. The number of aryl methyl sites for hydroxylation is 1. The third-order valence-corrected chi connectivity index (χ3v) is 6.05. The molecular formula is C25H24N4O3S. The third-order valence-electron chi connectivity index (χ3n) is 5.10. The van der Waals surface area contributed by atoms with E-state index in [-0.39, 0.29) is 24.1 Å². The van der Waals surface area contributed by atoms with E-state index in [2.05, 4.69) is 16.4 Å². The molecule has 0 aliphatic carbocycles. The smallest absolute Gasteiger partial charge is 0.253 e. The maximum atomic E-state index is 13.0. The van der Waals surface area contributed by atoms with Crippen LogP contribution in [-0.2, 0) is 11.3 Å². The quantitative estimate of drug-likeness (QED) is 0.393. The van der Waals surface area contributed by atoms with Gasteiger partial charge in [0, 0.05) is 25.1 Å². The number of furan rings is 1. The summed E-state index contributed by atoms with van der Waals surface area (Å²) in [6.45, 7) is 2.31. The highest BCUT2D eigenvalue weighted by Gasteiger charge is 2.19. The molecule has 0 aliphatic rings. The molecule has 0 radical (unpaired) electrons. The van der Waals surface area contributed by atoms with Gasteiger partial charge in [-0.25, -0.2) is 4.98 Å². The second-order valence-electron chi connectivity index (χ2n) is 7.44. The Kier molecular flexibility index (Phi) is 6.95.